The Labute approximate surface area is 107 Å². The van der Waals surface area contributed by atoms with Crippen molar-refractivity contribution >= 4 is 5.69 Å². The first-order valence-corrected chi connectivity index (χ1v) is 6.40. The molecule has 0 aliphatic carbocycles. The highest BCUT2D eigenvalue weighted by Crippen LogP contribution is 2.37. The minimum atomic E-state index is -0.159. The predicted molar refractivity (Wildman–Crippen MR) is 72.3 cm³/mol. The van der Waals surface area contributed by atoms with Crippen LogP contribution in [-0.2, 0) is 6.54 Å². The molecule has 0 spiro atoms. The summed E-state index contributed by atoms with van der Waals surface area (Å²) in [4.78, 5) is 0. The zero-order chi connectivity index (χ0) is 12.5. The lowest BCUT2D eigenvalue weighted by Gasteiger charge is -2.17. The smallest absolute Gasteiger partial charge is 0.123 e. The summed E-state index contributed by atoms with van der Waals surface area (Å²) in [6, 6.07) is 13.5. The van der Waals surface area contributed by atoms with Crippen molar-refractivity contribution in [1.29, 1.82) is 0 Å². The summed E-state index contributed by atoms with van der Waals surface area (Å²) in [6.45, 7) is 2.97. The van der Waals surface area contributed by atoms with Gasteiger partial charge in [-0.1, -0.05) is 31.2 Å². The van der Waals surface area contributed by atoms with Crippen molar-refractivity contribution in [3.05, 3.63) is 65.0 Å². The number of fused-ring (bicyclic) bond motifs is 2. The molecule has 2 aromatic carbocycles. The molecule has 2 aromatic rings. The quantitative estimate of drug-likeness (QED) is 0.785. The van der Waals surface area contributed by atoms with E-state index >= 15 is 0 Å². The summed E-state index contributed by atoms with van der Waals surface area (Å²) >= 11 is 0. The molecular weight excluding hydrogens is 225 g/mol. The van der Waals surface area contributed by atoms with E-state index in [1.54, 1.807) is 6.07 Å². The Kier molecular flexibility index (Phi) is 2.78. The van der Waals surface area contributed by atoms with E-state index in [0.717, 1.165) is 24.2 Å². The molecule has 1 heterocycles. The van der Waals surface area contributed by atoms with Gasteiger partial charge in [0.1, 0.15) is 5.82 Å². The van der Waals surface area contributed by atoms with Crippen molar-refractivity contribution in [3.8, 4) is 0 Å². The van der Waals surface area contributed by atoms with Gasteiger partial charge in [0.15, 0.2) is 0 Å². The lowest BCUT2D eigenvalue weighted by molar-refractivity contribution is 0.622. The third-order valence-electron chi connectivity index (χ3n) is 3.70. The van der Waals surface area contributed by atoms with E-state index in [1.165, 1.54) is 17.2 Å². The van der Waals surface area contributed by atoms with Gasteiger partial charge in [0.2, 0.25) is 0 Å². The van der Waals surface area contributed by atoms with Crippen LogP contribution in [0, 0.1) is 5.82 Å². The van der Waals surface area contributed by atoms with Gasteiger partial charge in [0.25, 0.3) is 0 Å². The van der Waals surface area contributed by atoms with Gasteiger partial charge in [-0.3, -0.25) is 0 Å². The van der Waals surface area contributed by atoms with Gasteiger partial charge in [-0.25, -0.2) is 4.39 Å². The Morgan fingerprint density at radius 1 is 1.17 bits per heavy atom. The molecule has 3 rings (SSSR count). The molecule has 0 fully saturated rings. The zero-order valence-corrected chi connectivity index (χ0v) is 10.4. The van der Waals surface area contributed by atoms with E-state index in [9.17, 15) is 4.39 Å². The summed E-state index contributed by atoms with van der Waals surface area (Å²) in [5.41, 5.74) is 4.75. The highest BCUT2D eigenvalue weighted by molar-refractivity contribution is 5.59. The predicted octanol–water partition coefficient (Wildman–Crippen LogP) is 4.29. The second kappa shape index (κ2) is 4.45. The summed E-state index contributed by atoms with van der Waals surface area (Å²) in [5, 5.41) is 3.41. The first-order valence-electron chi connectivity index (χ1n) is 6.40. The summed E-state index contributed by atoms with van der Waals surface area (Å²) in [6.07, 6.45) is 0.981. The molecule has 0 saturated heterocycles. The Morgan fingerprint density at radius 3 is 2.83 bits per heavy atom. The van der Waals surface area contributed by atoms with Crippen LogP contribution in [0.3, 0.4) is 0 Å². The normalized spacial score (nSPS) is 17.3. The minimum Gasteiger partial charge on any atom is -0.381 e. The Bertz CT molecular complexity index is 577. The van der Waals surface area contributed by atoms with Gasteiger partial charge in [-0.2, -0.15) is 0 Å². The zero-order valence-electron chi connectivity index (χ0n) is 10.4. The second-order valence-corrected chi connectivity index (χ2v) is 4.74. The van der Waals surface area contributed by atoms with Gasteiger partial charge in [-0.05, 0) is 41.3 Å². The number of anilines is 1. The topological polar surface area (TPSA) is 12.0 Å². The van der Waals surface area contributed by atoms with E-state index in [-0.39, 0.29) is 11.7 Å². The fourth-order valence-electron chi connectivity index (χ4n) is 2.82. The molecule has 1 aliphatic rings. The number of benzene rings is 2. The number of halogens is 1. The van der Waals surface area contributed by atoms with E-state index in [2.05, 4.69) is 36.5 Å². The fraction of sp³-hybridized carbons (Fsp3) is 0.250. The Morgan fingerprint density at radius 2 is 2.00 bits per heavy atom. The van der Waals surface area contributed by atoms with Crippen molar-refractivity contribution in [2.24, 2.45) is 0 Å². The van der Waals surface area contributed by atoms with Gasteiger partial charge < -0.3 is 5.32 Å². The van der Waals surface area contributed by atoms with Crippen LogP contribution in [0.15, 0.2) is 42.5 Å². The summed E-state index contributed by atoms with van der Waals surface area (Å²) in [7, 11) is 0. The van der Waals surface area contributed by atoms with Gasteiger partial charge in [0.05, 0.1) is 0 Å². The lowest BCUT2D eigenvalue weighted by atomic mass is 9.86. The van der Waals surface area contributed by atoms with E-state index in [1.807, 2.05) is 6.07 Å². The molecule has 18 heavy (non-hydrogen) atoms. The third kappa shape index (κ3) is 1.78. The second-order valence-electron chi connectivity index (χ2n) is 4.74. The maximum atomic E-state index is 13.5. The Balaban J connectivity index is 2.19. The molecule has 1 unspecified atom stereocenters. The van der Waals surface area contributed by atoms with Gasteiger partial charge in [-0.15, -0.1) is 0 Å². The Hall–Kier alpha value is -1.83. The molecule has 92 valence electrons. The van der Waals surface area contributed by atoms with E-state index < -0.39 is 0 Å². The van der Waals surface area contributed by atoms with Crippen LogP contribution in [-0.4, -0.2) is 0 Å². The van der Waals surface area contributed by atoms with Crippen LogP contribution in [0.1, 0.15) is 36.0 Å². The van der Waals surface area contributed by atoms with Crippen molar-refractivity contribution in [3.63, 3.8) is 0 Å². The highest BCUT2D eigenvalue weighted by atomic mass is 19.1. The van der Waals surface area contributed by atoms with Crippen LogP contribution in [0.4, 0.5) is 10.1 Å². The number of hydrogen-bond acceptors (Lipinski definition) is 1. The molecule has 1 atom stereocenters. The molecule has 1 aliphatic heterocycles. The first-order chi connectivity index (χ1) is 8.79. The van der Waals surface area contributed by atoms with Crippen LogP contribution in [0.2, 0.25) is 0 Å². The average Bonchev–Trinajstić information content (AvgIpc) is 2.54. The fourth-order valence-corrected chi connectivity index (χ4v) is 2.82. The van der Waals surface area contributed by atoms with Crippen molar-refractivity contribution in [2.45, 2.75) is 25.8 Å². The van der Waals surface area contributed by atoms with E-state index in [4.69, 9.17) is 0 Å². The molecule has 0 amide bonds. The average molecular weight is 241 g/mol. The monoisotopic (exact) mass is 241 g/mol. The molecule has 2 heteroatoms. The van der Waals surface area contributed by atoms with Crippen molar-refractivity contribution in [1.82, 2.24) is 0 Å². The third-order valence-corrected chi connectivity index (χ3v) is 3.70. The maximum Gasteiger partial charge on any atom is 0.123 e. The van der Waals surface area contributed by atoms with Crippen LogP contribution >= 0.6 is 0 Å². The van der Waals surface area contributed by atoms with E-state index in [0.29, 0.717) is 0 Å². The molecule has 1 N–H and O–H groups in total. The largest absolute Gasteiger partial charge is 0.381 e. The minimum absolute atomic E-state index is 0.159. The number of rotatable bonds is 1. The van der Waals surface area contributed by atoms with Crippen LogP contribution in [0.25, 0.3) is 0 Å². The molecule has 1 nitrogen and oxygen atoms in total. The molecule has 0 aromatic heterocycles. The SMILES string of the molecule is CCC1c2ccccc2CNc2ccc(F)cc21. The lowest BCUT2D eigenvalue weighted by Crippen LogP contribution is -2.01. The van der Waals surface area contributed by atoms with Crippen molar-refractivity contribution in [2.75, 3.05) is 5.32 Å². The maximum absolute atomic E-state index is 13.5. The molecule has 0 radical (unpaired) electrons. The van der Waals surface area contributed by atoms with Crippen molar-refractivity contribution < 1.29 is 4.39 Å². The van der Waals surface area contributed by atoms with Gasteiger partial charge in [0, 0.05) is 18.2 Å². The highest BCUT2D eigenvalue weighted by Gasteiger charge is 2.22. The number of nitrogens with one attached hydrogen (secondary N) is 1. The van der Waals surface area contributed by atoms with Crippen LogP contribution in [0.5, 0.6) is 0 Å². The molecule has 0 bridgehead atoms. The summed E-state index contributed by atoms with van der Waals surface area (Å²) in [5.74, 6) is 0.121. The molecular formula is C16H16FN. The standard InChI is InChI=1S/C16H16FN/c1-2-13-14-6-4-3-5-11(14)10-18-16-8-7-12(17)9-15(13)16/h3-9,13,18H,2,10H2,1H3. The van der Waals surface area contributed by atoms with Gasteiger partial charge >= 0.3 is 0 Å². The summed E-state index contributed by atoms with van der Waals surface area (Å²) < 4.78 is 13.5. The molecule has 0 saturated carbocycles. The van der Waals surface area contributed by atoms with Crippen LogP contribution < -0.4 is 5.32 Å². The number of hydrogen-bond donors (Lipinski definition) is 1. The first kappa shape index (κ1) is 11.3.